The first-order valence-corrected chi connectivity index (χ1v) is 6.62. The fraction of sp³-hybridized carbons (Fsp3) is 0.538. The SMILES string of the molecule is NC(=O)c1cc(NCC2CCN(CC(F)(F)F)C2)ccn1. The molecule has 0 aromatic carbocycles. The van der Waals surface area contributed by atoms with E-state index in [1.807, 2.05) is 0 Å². The van der Waals surface area contributed by atoms with E-state index >= 15 is 0 Å². The molecular formula is C13H17F3N4O. The third kappa shape index (κ3) is 4.89. The second-order valence-corrected chi connectivity index (χ2v) is 5.18. The highest BCUT2D eigenvalue weighted by molar-refractivity contribution is 5.91. The van der Waals surface area contributed by atoms with Crippen LogP contribution in [0.4, 0.5) is 18.9 Å². The lowest BCUT2D eigenvalue weighted by atomic mass is 10.1. The number of carbonyl (C=O) groups is 1. The van der Waals surface area contributed by atoms with Crippen molar-refractivity contribution in [3.05, 3.63) is 24.0 Å². The first-order valence-electron chi connectivity index (χ1n) is 6.62. The van der Waals surface area contributed by atoms with Crippen LogP contribution in [-0.2, 0) is 0 Å². The Balaban J connectivity index is 1.82. The van der Waals surface area contributed by atoms with Gasteiger partial charge in [-0.3, -0.25) is 14.7 Å². The average molecular weight is 302 g/mol. The smallest absolute Gasteiger partial charge is 0.385 e. The molecular weight excluding hydrogens is 285 g/mol. The van der Waals surface area contributed by atoms with E-state index in [0.717, 1.165) is 6.42 Å². The van der Waals surface area contributed by atoms with Crippen LogP contribution in [0.3, 0.4) is 0 Å². The molecule has 0 saturated carbocycles. The van der Waals surface area contributed by atoms with E-state index < -0.39 is 18.6 Å². The molecule has 5 nitrogen and oxygen atoms in total. The van der Waals surface area contributed by atoms with Crippen molar-refractivity contribution in [2.75, 3.05) is 31.5 Å². The number of amides is 1. The first kappa shape index (κ1) is 15.6. The van der Waals surface area contributed by atoms with Crippen molar-refractivity contribution >= 4 is 11.6 Å². The van der Waals surface area contributed by atoms with Crippen LogP contribution in [-0.4, -0.2) is 48.1 Å². The summed E-state index contributed by atoms with van der Waals surface area (Å²) in [6.07, 6.45) is -1.96. The Morgan fingerprint density at radius 2 is 2.29 bits per heavy atom. The Labute approximate surface area is 120 Å². The maximum Gasteiger partial charge on any atom is 0.401 e. The van der Waals surface area contributed by atoms with E-state index in [0.29, 0.717) is 25.3 Å². The Hall–Kier alpha value is -1.83. The molecule has 1 saturated heterocycles. The van der Waals surface area contributed by atoms with E-state index in [4.69, 9.17) is 5.73 Å². The predicted molar refractivity (Wildman–Crippen MR) is 71.8 cm³/mol. The van der Waals surface area contributed by atoms with Crippen molar-refractivity contribution in [3.8, 4) is 0 Å². The van der Waals surface area contributed by atoms with Gasteiger partial charge >= 0.3 is 6.18 Å². The van der Waals surface area contributed by atoms with Gasteiger partial charge in [-0.25, -0.2) is 0 Å². The molecule has 0 radical (unpaired) electrons. The van der Waals surface area contributed by atoms with E-state index in [1.165, 1.54) is 17.2 Å². The van der Waals surface area contributed by atoms with Crippen LogP contribution >= 0.6 is 0 Å². The normalized spacial score (nSPS) is 19.7. The third-order valence-corrected chi connectivity index (χ3v) is 3.38. The van der Waals surface area contributed by atoms with E-state index in [2.05, 4.69) is 10.3 Å². The number of pyridine rings is 1. The summed E-state index contributed by atoms with van der Waals surface area (Å²) in [5.74, 6) is -0.464. The van der Waals surface area contributed by atoms with Crippen LogP contribution in [0.15, 0.2) is 18.3 Å². The number of hydrogen-bond acceptors (Lipinski definition) is 4. The van der Waals surface area contributed by atoms with Crippen molar-refractivity contribution in [3.63, 3.8) is 0 Å². The highest BCUT2D eigenvalue weighted by Gasteiger charge is 2.34. The van der Waals surface area contributed by atoms with Gasteiger partial charge in [-0.15, -0.1) is 0 Å². The first-order chi connectivity index (χ1) is 9.83. The Bertz CT molecular complexity index is 506. The minimum Gasteiger partial charge on any atom is -0.385 e. The molecule has 2 heterocycles. The molecule has 0 bridgehead atoms. The number of likely N-dealkylation sites (tertiary alicyclic amines) is 1. The van der Waals surface area contributed by atoms with Crippen molar-refractivity contribution in [1.82, 2.24) is 9.88 Å². The monoisotopic (exact) mass is 302 g/mol. The Morgan fingerprint density at radius 1 is 1.52 bits per heavy atom. The minimum absolute atomic E-state index is 0.151. The number of anilines is 1. The summed E-state index contributed by atoms with van der Waals surface area (Å²) in [4.78, 5) is 16.2. The summed E-state index contributed by atoms with van der Waals surface area (Å²) >= 11 is 0. The largest absolute Gasteiger partial charge is 0.401 e. The molecule has 1 aromatic rings. The van der Waals surface area contributed by atoms with E-state index in [-0.39, 0.29) is 11.6 Å². The van der Waals surface area contributed by atoms with Gasteiger partial charge in [0.1, 0.15) is 5.69 Å². The molecule has 21 heavy (non-hydrogen) atoms. The van der Waals surface area contributed by atoms with Crippen LogP contribution in [0, 0.1) is 5.92 Å². The molecule has 1 amide bonds. The van der Waals surface area contributed by atoms with Crippen molar-refractivity contribution < 1.29 is 18.0 Å². The van der Waals surface area contributed by atoms with Gasteiger partial charge in [0.05, 0.1) is 6.54 Å². The van der Waals surface area contributed by atoms with E-state index in [1.54, 1.807) is 6.07 Å². The molecule has 1 fully saturated rings. The number of nitrogens with two attached hydrogens (primary N) is 1. The molecule has 0 aliphatic carbocycles. The van der Waals surface area contributed by atoms with Gasteiger partial charge in [0.2, 0.25) is 0 Å². The standard InChI is InChI=1S/C13H17F3N4O/c14-13(15,16)8-20-4-2-9(7-20)6-19-10-1-3-18-11(5-10)12(17)21/h1,3,5,9H,2,4,6-8H2,(H2,17,21)(H,18,19). The maximum absolute atomic E-state index is 12.3. The number of aromatic nitrogens is 1. The maximum atomic E-state index is 12.3. The van der Waals surface area contributed by atoms with Crippen LogP contribution < -0.4 is 11.1 Å². The summed E-state index contributed by atoms with van der Waals surface area (Å²) < 4.78 is 36.9. The highest BCUT2D eigenvalue weighted by atomic mass is 19.4. The minimum atomic E-state index is -4.15. The van der Waals surface area contributed by atoms with Crippen LogP contribution in [0.2, 0.25) is 0 Å². The molecule has 3 N–H and O–H groups in total. The third-order valence-electron chi connectivity index (χ3n) is 3.38. The van der Waals surface area contributed by atoms with Gasteiger partial charge < -0.3 is 11.1 Å². The predicted octanol–water partition coefficient (Wildman–Crippen LogP) is 1.48. The number of halogens is 3. The number of hydrogen-bond donors (Lipinski definition) is 2. The van der Waals surface area contributed by atoms with Gasteiger partial charge in [0, 0.05) is 25.0 Å². The lowest BCUT2D eigenvalue weighted by molar-refractivity contribution is -0.143. The second-order valence-electron chi connectivity index (χ2n) is 5.18. The molecule has 1 unspecified atom stereocenters. The zero-order valence-electron chi connectivity index (χ0n) is 11.4. The lowest BCUT2D eigenvalue weighted by Crippen LogP contribution is -2.33. The quantitative estimate of drug-likeness (QED) is 0.864. The average Bonchev–Trinajstić information content (AvgIpc) is 2.82. The molecule has 1 aromatic heterocycles. The summed E-state index contributed by atoms with van der Waals surface area (Å²) in [6, 6.07) is 3.22. The van der Waals surface area contributed by atoms with Crippen molar-refractivity contribution in [2.45, 2.75) is 12.6 Å². The topological polar surface area (TPSA) is 71.2 Å². The second kappa shape index (κ2) is 6.30. The number of rotatable bonds is 5. The zero-order chi connectivity index (χ0) is 15.5. The van der Waals surface area contributed by atoms with Crippen molar-refractivity contribution in [1.29, 1.82) is 0 Å². The van der Waals surface area contributed by atoms with Crippen molar-refractivity contribution in [2.24, 2.45) is 11.7 Å². The van der Waals surface area contributed by atoms with Gasteiger partial charge in [-0.05, 0) is 31.0 Å². The summed E-state index contributed by atoms with van der Waals surface area (Å²) in [6.45, 7) is 0.566. The van der Waals surface area contributed by atoms with Gasteiger partial charge in [-0.1, -0.05) is 0 Å². The molecule has 8 heteroatoms. The van der Waals surface area contributed by atoms with Gasteiger partial charge in [0.25, 0.3) is 5.91 Å². The lowest BCUT2D eigenvalue weighted by Gasteiger charge is -2.18. The fourth-order valence-electron chi connectivity index (χ4n) is 2.41. The highest BCUT2D eigenvalue weighted by Crippen LogP contribution is 2.23. The summed E-state index contributed by atoms with van der Waals surface area (Å²) in [7, 11) is 0. The van der Waals surface area contributed by atoms with Crippen LogP contribution in [0.5, 0.6) is 0 Å². The number of alkyl halides is 3. The fourth-order valence-corrected chi connectivity index (χ4v) is 2.41. The number of primary amides is 1. The Kier molecular flexibility index (Phi) is 4.66. The van der Waals surface area contributed by atoms with Gasteiger partial charge in [-0.2, -0.15) is 13.2 Å². The number of nitrogens with one attached hydrogen (secondary N) is 1. The van der Waals surface area contributed by atoms with Crippen LogP contribution in [0.25, 0.3) is 0 Å². The number of carbonyl (C=O) groups excluding carboxylic acids is 1. The summed E-state index contributed by atoms with van der Waals surface area (Å²) in [5.41, 5.74) is 5.98. The Morgan fingerprint density at radius 3 is 2.95 bits per heavy atom. The summed E-state index contributed by atoms with van der Waals surface area (Å²) in [5, 5.41) is 3.11. The molecule has 2 rings (SSSR count). The number of nitrogens with zero attached hydrogens (tertiary/aromatic N) is 2. The molecule has 0 spiro atoms. The zero-order valence-corrected chi connectivity index (χ0v) is 11.4. The molecule has 1 aliphatic heterocycles. The molecule has 1 aliphatic rings. The van der Waals surface area contributed by atoms with Crippen LogP contribution in [0.1, 0.15) is 16.9 Å². The van der Waals surface area contributed by atoms with E-state index in [9.17, 15) is 18.0 Å². The molecule has 116 valence electrons. The van der Waals surface area contributed by atoms with Gasteiger partial charge in [0.15, 0.2) is 0 Å². The molecule has 1 atom stereocenters.